The van der Waals surface area contributed by atoms with Crippen LogP contribution in [0.4, 0.5) is 0 Å². The Bertz CT molecular complexity index is 836. The van der Waals surface area contributed by atoms with Crippen LogP contribution in [0.5, 0.6) is 0 Å². The van der Waals surface area contributed by atoms with E-state index in [1.807, 2.05) is 0 Å². The number of esters is 2. The average Bonchev–Trinajstić information content (AvgIpc) is 2.92. The maximum absolute atomic E-state index is 12.5. The van der Waals surface area contributed by atoms with Gasteiger partial charge in [-0.15, -0.1) is 0 Å². The number of likely N-dealkylation sites (N-methyl/N-ethyl adjacent to an activating group) is 1. The van der Waals surface area contributed by atoms with Crippen molar-refractivity contribution in [3.8, 4) is 0 Å². The molecule has 0 atom stereocenters. The normalized spacial score (nSPS) is 10.2. The Morgan fingerprint density at radius 3 is 1.77 bits per heavy atom. The Morgan fingerprint density at radius 1 is 0.625 bits per heavy atom. The topological polar surface area (TPSA) is 198 Å². The number of nitrogens with zero attached hydrogens (tertiary/aromatic N) is 2. The SMILES string of the molecule is CCCC(=O)NCC(=O)N(CC(=O)NCCCC(=O)CN(CC(=O)OC)C(=O)CCC(=O)CNC)CC(=O)OC. The zero-order valence-electron chi connectivity index (χ0n) is 23.7. The minimum atomic E-state index is -0.746. The fourth-order valence-corrected chi connectivity index (χ4v) is 3.23. The largest absolute Gasteiger partial charge is 0.468 e. The smallest absolute Gasteiger partial charge is 0.325 e. The molecule has 0 bridgehead atoms. The molecule has 0 unspecified atom stereocenters. The van der Waals surface area contributed by atoms with Gasteiger partial charge >= 0.3 is 11.9 Å². The summed E-state index contributed by atoms with van der Waals surface area (Å²) in [5, 5.41) is 7.65. The van der Waals surface area contributed by atoms with Crippen LogP contribution in [0.3, 0.4) is 0 Å². The molecule has 0 aliphatic carbocycles. The molecule has 0 aromatic heterocycles. The predicted molar refractivity (Wildman–Crippen MR) is 141 cm³/mol. The second kappa shape index (κ2) is 21.0. The first-order valence-electron chi connectivity index (χ1n) is 12.9. The van der Waals surface area contributed by atoms with E-state index in [0.29, 0.717) is 6.42 Å². The Morgan fingerprint density at radius 2 is 1.23 bits per heavy atom. The molecule has 0 fully saturated rings. The summed E-state index contributed by atoms with van der Waals surface area (Å²) < 4.78 is 9.13. The van der Waals surface area contributed by atoms with E-state index in [-0.39, 0.29) is 75.8 Å². The molecule has 15 heteroatoms. The van der Waals surface area contributed by atoms with Gasteiger partial charge in [0.2, 0.25) is 23.6 Å². The van der Waals surface area contributed by atoms with E-state index in [4.69, 9.17) is 0 Å². The molecule has 0 rings (SSSR count). The summed E-state index contributed by atoms with van der Waals surface area (Å²) in [6, 6.07) is 0. The molecule has 0 saturated carbocycles. The lowest BCUT2D eigenvalue weighted by Gasteiger charge is -2.21. The number of hydrogen-bond acceptors (Lipinski definition) is 11. The third kappa shape index (κ3) is 16.9. The van der Waals surface area contributed by atoms with Crippen molar-refractivity contribution >= 4 is 47.1 Å². The van der Waals surface area contributed by atoms with Crippen molar-refractivity contribution in [2.24, 2.45) is 0 Å². The molecule has 15 nitrogen and oxygen atoms in total. The van der Waals surface area contributed by atoms with E-state index in [0.717, 1.165) is 24.0 Å². The Balaban J connectivity index is 4.79. The van der Waals surface area contributed by atoms with Crippen molar-refractivity contribution in [1.82, 2.24) is 25.8 Å². The molecule has 0 aliphatic heterocycles. The number of methoxy groups -OCH3 is 2. The molecule has 0 radical (unpaired) electrons. The van der Waals surface area contributed by atoms with E-state index in [1.165, 1.54) is 0 Å². The molecule has 40 heavy (non-hydrogen) atoms. The van der Waals surface area contributed by atoms with Crippen molar-refractivity contribution in [2.75, 3.05) is 67.1 Å². The number of Topliss-reactive ketones (excluding diaryl/α,β-unsaturated/α-hetero) is 2. The molecule has 0 aliphatic rings. The molecule has 0 aromatic rings. The van der Waals surface area contributed by atoms with Gasteiger partial charge in [0.25, 0.3) is 0 Å². The van der Waals surface area contributed by atoms with E-state index in [9.17, 15) is 38.4 Å². The lowest BCUT2D eigenvalue weighted by Crippen LogP contribution is -2.47. The number of carbonyl (C=O) groups excluding carboxylic acids is 8. The molecular formula is C25H41N5O10. The predicted octanol–water partition coefficient (Wildman–Crippen LogP) is -2.06. The highest BCUT2D eigenvalue weighted by molar-refractivity contribution is 5.92. The first-order valence-corrected chi connectivity index (χ1v) is 12.9. The number of ketones is 2. The highest BCUT2D eigenvalue weighted by Gasteiger charge is 2.22. The highest BCUT2D eigenvalue weighted by atomic mass is 16.5. The molecular weight excluding hydrogens is 530 g/mol. The van der Waals surface area contributed by atoms with Crippen LogP contribution >= 0.6 is 0 Å². The minimum absolute atomic E-state index is 0.0296. The van der Waals surface area contributed by atoms with Crippen molar-refractivity contribution in [1.29, 1.82) is 0 Å². The first kappa shape index (κ1) is 36.1. The van der Waals surface area contributed by atoms with Gasteiger partial charge in [-0.3, -0.25) is 38.4 Å². The standard InChI is InChI=1S/C25H41N5O10/c1-5-7-20(33)28-13-23(36)30(17-25(38)40-4)15-21(34)27-11-6-8-19(32)14-29(16-24(37)39-3)22(35)10-9-18(31)12-26-2/h26H,5-17H2,1-4H3,(H,27,34)(H,28,33). The fraction of sp³-hybridized carbons (Fsp3) is 0.680. The van der Waals surface area contributed by atoms with Gasteiger partial charge in [-0.05, 0) is 19.9 Å². The van der Waals surface area contributed by atoms with Crippen LogP contribution in [-0.2, 0) is 47.8 Å². The van der Waals surface area contributed by atoms with Gasteiger partial charge in [-0.2, -0.15) is 0 Å². The van der Waals surface area contributed by atoms with E-state index in [2.05, 4.69) is 25.4 Å². The number of amides is 4. The van der Waals surface area contributed by atoms with Crippen LogP contribution in [0.2, 0.25) is 0 Å². The van der Waals surface area contributed by atoms with Crippen molar-refractivity contribution in [3.05, 3.63) is 0 Å². The quantitative estimate of drug-likeness (QED) is 0.101. The van der Waals surface area contributed by atoms with Crippen molar-refractivity contribution in [2.45, 2.75) is 45.4 Å². The Kier molecular flexibility index (Phi) is 19.0. The molecule has 0 saturated heterocycles. The minimum Gasteiger partial charge on any atom is -0.468 e. The van der Waals surface area contributed by atoms with Gasteiger partial charge < -0.3 is 35.2 Å². The summed E-state index contributed by atoms with van der Waals surface area (Å²) in [5.74, 6) is -4.16. The van der Waals surface area contributed by atoms with Gasteiger partial charge in [0.15, 0.2) is 5.78 Å². The van der Waals surface area contributed by atoms with E-state index < -0.39 is 49.3 Å². The summed E-state index contributed by atoms with van der Waals surface area (Å²) in [5.41, 5.74) is 0. The lowest BCUT2D eigenvalue weighted by molar-refractivity contribution is -0.148. The Labute approximate surface area is 233 Å². The first-order chi connectivity index (χ1) is 19.0. The van der Waals surface area contributed by atoms with E-state index >= 15 is 0 Å². The number of ether oxygens (including phenoxy) is 2. The van der Waals surface area contributed by atoms with E-state index in [1.54, 1.807) is 14.0 Å². The lowest BCUT2D eigenvalue weighted by atomic mass is 10.1. The summed E-state index contributed by atoms with van der Waals surface area (Å²) >= 11 is 0. The maximum Gasteiger partial charge on any atom is 0.325 e. The van der Waals surface area contributed by atoms with Crippen LogP contribution in [-0.4, -0.2) is 124 Å². The summed E-state index contributed by atoms with van der Waals surface area (Å²) in [4.78, 5) is 98.3. The molecule has 3 N–H and O–H groups in total. The van der Waals surface area contributed by atoms with Crippen LogP contribution < -0.4 is 16.0 Å². The number of hydrogen-bond donors (Lipinski definition) is 3. The molecule has 226 valence electrons. The monoisotopic (exact) mass is 571 g/mol. The number of rotatable bonds is 21. The third-order valence-corrected chi connectivity index (χ3v) is 5.36. The zero-order chi connectivity index (χ0) is 30.5. The van der Waals surface area contributed by atoms with Gasteiger partial charge in [-0.1, -0.05) is 6.92 Å². The second-order valence-electron chi connectivity index (χ2n) is 8.74. The number of nitrogens with one attached hydrogen (secondary N) is 3. The molecule has 4 amide bonds. The Hall–Kier alpha value is -3.88. The highest BCUT2D eigenvalue weighted by Crippen LogP contribution is 2.03. The summed E-state index contributed by atoms with van der Waals surface area (Å²) in [6.45, 7) is -0.205. The van der Waals surface area contributed by atoms with Gasteiger partial charge in [0.05, 0.1) is 33.9 Å². The molecule has 0 spiro atoms. The summed E-state index contributed by atoms with van der Waals surface area (Å²) in [6.07, 6.45) is 0.784. The van der Waals surface area contributed by atoms with Crippen LogP contribution in [0, 0.1) is 0 Å². The van der Waals surface area contributed by atoms with Gasteiger partial charge in [0.1, 0.15) is 25.4 Å². The summed E-state index contributed by atoms with van der Waals surface area (Å²) in [7, 11) is 3.88. The molecule has 0 aromatic carbocycles. The van der Waals surface area contributed by atoms with Crippen LogP contribution in [0.15, 0.2) is 0 Å². The van der Waals surface area contributed by atoms with Gasteiger partial charge in [-0.25, -0.2) is 0 Å². The maximum atomic E-state index is 12.5. The van der Waals surface area contributed by atoms with Crippen LogP contribution in [0.25, 0.3) is 0 Å². The molecule has 0 heterocycles. The second-order valence-corrected chi connectivity index (χ2v) is 8.74. The van der Waals surface area contributed by atoms with Gasteiger partial charge in [0, 0.05) is 32.2 Å². The van der Waals surface area contributed by atoms with Crippen molar-refractivity contribution < 1.29 is 47.8 Å². The zero-order valence-corrected chi connectivity index (χ0v) is 23.7. The van der Waals surface area contributed by atoms with Crippen LogP contribution in [0.1, 0.15) is 45.4 Å². The fourth-order valence-electron chi connectivity index (χ4n) is 3.23. The average molecular weight is 572 g/mol. The number of carbonyl (C=O) groups is 8. The third-order valence-electron chi connectivity index (χ3n) is 5.36. The van der Waals surface area contributed by atoms with Crippen molar-refractivity contribution in [3.63, 3.8) is 0 Å².